The first-order valence-electron chi connectivity index (χ1n) is 8.91. The van der Waals surface area contributed by atoms with Gasteiger partial charge in [0.2, 0.25) is 0 Å². The predicted octanol–water partition coefficient (Wildman–Crippen LogP) is -1.41. The second-order valence-corrected chi connectivity index (χ2v) is 6.41. The smallest absolute Gasteiger partial charge is 0.317 e. The molecule has 0 heterocycles. The Kier molecular flexibility index (Phi) is 14.9. The Morgan fingerprint density at radius 3 is 1.59 bits per heavy atom. The Bertz CT molecular complexity index is 504. The van der Waals surface area contributed by atoms with Crippen LogP contribution in [-0.4, -0.2) is 110 Å². The van der Waals surface area contributed by atoms with Crippen LogP contribution >= 0.6 is 0 Å². The number of carboxylic acid groups (broad SMARTS) is 1. The topological polar surface area (TPSA) is 143 Å². The summed E-state index contributed by atoms with van der Waals surface area (Å²) in [6.45, 7) is 4.91. The van der Waals surface area contributed by atoms with Crippen molar-refractivity contribution < 1.29 is 43.3 Å². The Balaban J connectivity index is 4.83. The molecule has 0 bridgehead atoms. The standard InChI is InChI=1S/C17H29N3O9/c1-15(2)16(24)7-19(8-17(25)26)5-3-18(9-27-12-21)4-6-20(10-28-13-22)11-29-14-23/h12-15H,3-11H2,1-2H3,(H,25,26). The molecule has 1 N–H and O–H groups in total. The quantitative estimate of drug-likeness (QED) is 0.141. The van der Waals surface area contributed by atoms with Crippen molar-refractivity contribution in [2.24, 2.45) is 5.92 Å². The molecule has 0 rings (SSSR count). The van der Waals surface area contributed by atoms with E-state index in [1.165, 1.54) is 9.80 Å². The fraction of sp³-hybridized carbons (Fsp3) is 0.706. The van der Waals surface area contributed by atoms with Gasteiger partial charge in [-0.3, -0.25) is 33.8 Å². The third-order valence-corrected chi connectivity index (χ3v) is 3.82. The van der Waals surface area contributed by atoms with E-state index < -0.39 is 5.97 Å². The maximum Gasteiger partial charge on any atom is 0.317 e. The van der Waals surface area contributed by atoms with Crippen molar-refractivity contribution in [1.29, 1.82) is 0 Å². The van der Waals surface area contributed by atoms with Gasteiger partial charge in [-0.15, -0.1) is 0 Å². The first kappa shape index (κ1) is 26.4. The number of carbonyl (C=O) groups is 5. The number of Topliss-reactive ketones (excluding diaryl/α,β-unsaturated/α-hetero) is 1. The van der Waals surface area contributed by atoms with Gasteiger partial charge in [0, 0.05) is 32.1 Å². The molecule has 0 aromatic rings. The van der Waals surface area contributed by atoms with E-state index in [0.717, 1.165) is 0 Å². The molecule has 0 spiro atoms. The zero-order chi connectivity index (χ0) is 22.1. The molecule has 0 radical (unpaired) electrons. The summed E-state index contributed by atoms with van der Waals surface area (Å²) >= 11 is 0. The van der Waals surface area contributed by atoms with E-state index in [2.05, 4.69) is 9.47 Å². The molecule has 0 atom stereocenters. The number of carboxylic acids is 1. The molecule has 0 fully saturated rings. The molecule has 0 saturated heterocycles. The molecule has 0 aliphatic rings. The molecule has 0 saturated carbocycles. The summed E-state index contributed by atoms with van der Waals surface area (Å²) in [6.07, 6.45) is 0. The maximum atomic E-state index is 12.0. The summed E-state index contributed by atoms with van der Waals surface area (Å²) < 4.78 is 14.1. The Hall–Kier alpha value is -2.57. The van der Waals surface area contributed by atoms with E-state index in [4.69, 9.17) is 9.84 Å². The van der Waals surface area contributed by atoms with E-state index in [9.17, 15) is 24.0 Å². The van der Waals surface area contributed by atoms with Gasteiger partial charge in [-0.05, 0) is 0 Å². The second kappa shape index (κ2) is 16.4. The summed E-state index contributed by atoms with van der Waals surface area (Å²) in [4.78, 5) is 59.0. The molecule has 0 unspecified atom stereocenters. The summed E-state index contributed by atoms with van der Waals surface area (Å²) in [5.74, 6) is -1.35. The van der Waals surface area contributed by atoms with Gasteiger partial charge in [0.25, 0.3) is 19.4 Å². The van der Waals surface area contributed by atoms with Gasteiger partial charge in [0.1, 0.15) is 26.0 Å². The summed E-state index contributed by atoms with van der Waals surface area (Å²) in [6, 6.07) is 0. The predicted molar refractivity (Wildman–Crippen MR) is 98.2 cm³/mol. The lowest BCUT2D eigenvalue weighted by Gasteiger charge is -2.28. The average Bonchev–Trinajstić information content (AvgIpc) is 2.67. The van der Waals surface area contributed by atoms with Crippen molar-refractivity contribution in [3.05, 3.63) is 0 Å². The average molecular weight is 419 g/mol. The van der Waals surface area contributed by atoms with Crippen LogP contribution in [0.3, 0.4) is 0 Å². The molecule has 0 aromatic heterocycles. The number of nitrogens with zero attached hydrogens (tertiary/aromatic N) is 3. The third-order valence-electron chi connectivity index (χ3n) is 3.82. The van der Waals surface area contributed by atoms with Crippen LogP contribution in [0.15, 0.2) is 0 Å². The monoisotopic (exact) mass is 419 g/mol. The van der Waals surface area contributed by atoms with Crippen LogP contribution in [0.4, 0.5) is 0 Å². The van der Waals surface area contributed by atoms with E-state index >= 15 is 0 Å². The van der Waals surface area contributed by atoms with Crippen molar-refractivity contribution in [1.82, 2.24) is 14.7 Å². The molecule has 0 aliphatic carbocycles. The summed E-state index contributed by atoms with van der Waals surface area (Å²) in [5.41, 5.74) is 0. The minimum atomic E-state index is -1.06. The number of ketones is 1. The minimum Gasteiger partial charge on any atom is -0.480 e. The third kappa shape index (κ3) is 14.1. The van der Waals surface area contributed by atoms with Gasteiger partial charge in [-0.25, -0.2) is 4.90 Å². The normalized spacial score (nSPS) is 11.0. The highest BCUT2D eigenvalue weighted by Gasteiger charge is 2.18. The van der Waals surface area contributed by atoms with E-state index in [-0.39, 0.29) is 70.9 Å². The van der Waals surface area contributed by atoms with Crippen molar-refractivity contribution in [3.63, 3.8) is 0 Å². The highest BCUT2D eigenvalue weighted by atomic mass is 16.6. The maximum absolute atomic E-state index is 12.0. The van der Waals surface area contributed by atoms with Gasteiger partial charge in [-0.2, -0.15) is 0 Å². The van der Waals surface area contributed by atoms with Crippen LogP contribution in [0.5, 0.6) is 0 Å². The molecule has 0 aromatic carbocycles. The lowest BCUT2D eigenvalue weighted by molar-refractivity contribution is -0.143. The Morgan fingerprint density at radius 1 is 0.759 bits per heavy atom. The number of hydrogen-bond acceptors (Lipinski definition) is 11. The van der Waals surface area contributed by atoms with Crippen LogP contribution in [0.1, 0.15) is 13.8 Å². The molecule has 12 nitrogen and oxygen atoms in total. The SMILES string of the molecule is CC(C)C(=O)CN(CCN(CCN(COC=O)COC=O)COC=O)CC(=O)O. The number of rotatable bonds is 20. The first-order chi connectivity index (χ1) is 13.8. The van der Waals surface area contributed by atoms with Crippen LogP contribution in [-0.2, 0) is 38.2 Å². The fourth-order valence-corrected chi connectivity index (χ4v) is 2.19. The van der Waals surface area contributed by atoms with Crippen molar-refractivity contribution in [3.8, 4) is 0 Å². The summed E-state index contributed by atoms with van der Waals surface area (Å²) in [5, 5.41) is 9.05. The number of carbonyl (C=O) groups excluding carboxylic acids is 4. The van der Waals surface area contributed by atoms with Crippen molar-refractivity contribution in [2.45, 2.75) is 13.8 Å². The largest absolute Gasteiger partial charge is 0.480 e. The second-order valence-electron chi connectivity index (χ2n) is 6.41. The van der Waals surface area contributed by atoms with Gasteiger partial charge in [0.15, 0.2) is 0 Å². The van der Waals surface area contributed by atoms with E-state index in [1.807, 2.05) is 0 Å². The Labute approximate surface area is 169 Å². The minimum absolute atomic E-state index is 0.00117. The Morgan fingerprint density at radius 2 is 1.17 bits per heavy atom. The van der Waals surface area contributed by atoms with Gasteiger partial charge < -0.3 is 19.3 Å². The van der Waals surface area contributed by atoms with Crippen LogP contribution in [0.2, 0.25) is 0 Å². The number of ether oxygens (including phenoxy) is 3. The van der Waals surface area contributed by atoms with Gasteiger partial charge in [0.05, 0.1) is 13.1 Å². The van der Waals surface area contributed by atoms with Crippen molar-refractivity contribution >= 4 is 31.2 Å². The van der Waals surface area contributed by atoms with Gasteiger partial charge >= 0.3 is 5.97 Å². The zero-order valence-corrected chi connectivity index (χ0v) is 16.7. The molecule has 166 valence electrons. The molecule has 12 heteroatoms. The van der Waals surface area contributed by atoms with Crippen LogP contribution in [0.25, 0.3) is 0 Å². The molecule has 0 amide bonds. The highest BCUT2D eigenvalue weighted by Crippen LogP contribution is 2.01. The number of hydrogen-bond donors (Lipinski definition) is 1. The lowest BCUT2D eigenvalue weighted by Crippen LogP contribution is -2.44. The number of aliphatic carboxylic acids is 1. The first-order valence-corrected chi connectivity index (χ1v) is 8.91. The lowest BCUT2D eigenvalue weighted by atomic mass is 10.1. The van der Waals surface area contributed by atoms with Crippen LogP contribution < -0.4 is 0 Å². The van der Waals surface area contributed by atoms with Gasteiger partial charge in [-0.1, -0.05) is 13.8 Å². The molecular formula is C17H29N3O9. The zero-order valence-electron chi connectivity index (χ0n) is 16.7. The highest BCUT2D eigenvalue weighted by molar-refractivity contribution is 5.82. The molecule has 0 aliphatic heterocycles. The van der Waals surface area contributed by atoms with Crippen LogP contribution in [0, 0.1) is 5.92 Å². The van der Waals surface area contributed by atoms with E-state index in [1.54, 1.807) is 18.7 Å². The van der Waals surface area contributed by atoms with E-state index in [0.29, 0.717) is 19.6 Å². The molecular weight excluding hydrogens is 390 g/mol. The fourth-order valence-electron chi connectivity index (χ4n) is 2.19. The van der Waals surface area contributed by atoms with Crippen molar-refractivity contribution in [2.75, 3.05) is 59.5 Å². The summed E-state index contributed by atoms with van der Waals surface area (Å²) in [7, 11) is 0. The molecule has 29 heavy (non-hydrogen) atoms.